The Morgan fingerprint density at radius 3 is 2.69 bits per heavy atom. The maximum absolute atomic E-state index is 12.3. The van der Waals surface area contributed by atoms with E-state index in [0.29, 0.717) is 5.75 Å². The van der Waals surface area contributed by atoms with E-state index in [9.17, 15) is 4.79 Å². The van der Waals surface area contributed by atoms with Crippen LogP contribution in [0.4, 0.5) is 0 Å². The third-order valence-corrected chi connectivity index (χ3v) is 6.44. The van der Waals surface area contributed by atoms with Crippen molar-refractivity contribution < 1.29 is 4.79 Å². The lowest BCUT2D eigenvalue weighted by molar-refractivity contribution is -0.128. The predicted octanol–water partition coefficient (Wildman–Crippen LogP) is 3.53. The summed E-state index contributed by atoms with van der Waals surface area (Å²) in [4.78, 5) is 24.9. The molecular weight excluding hydrogens is 344 g/mol. The molecular formula is C20H26N4OS. The second-order valence-electron chi connectivity index (χ2n) is 7.06. The van der Waals surface area contributed by atoms with Gasteiger partial charge < -0.3 is 14.8 Å². The van der Waals surface area contributed by atoms with Crippen LogP contribution in [0.3, 0.4) is 0 Å². The number of H-pyrrole nitrogens is 1. The average molecular weight is 371 g/mol. The predicted molar refractivity (Wildman–Crippen MR) is 106 cm³/mol. The minimum absolute atomic E-state index is 0.0687. The molecule has 1 aromatic carbocycles. The molecule has 3 heterocycles. The van der Waals surface area contributed by atoms with Crippen LogP contribution in [0.15, 0.2) is 36.5 Å². The molecule has 0 saturated carbocycles. The summed E-state index contributed by atoms with van der Waals surface area (Å²) < 4.78 is 0. The first kappa shape index (κ1) is 17.6. The highest BCUT2D eigenvalue weighted by atomic mass is 32.2. The summed E-state index contributed by atoms with van der Waals surface area (Å²) in [6, 6.07) is 10.1. The monoisotopic (exact) mass is 370 g/mol. The van der Waals surface area contributed by atoms with Crippen LogP contribution >= 0.6 is 11.8 Å². The third-order valence-electron chi connectivity index (χ3n) is 5.20. The van der Waals surface area contributed by atoms with Gasteiger partial charge in [-0.05, 0) is 45.3 Å². The summed E-state index contributed by atoms with van der Waals surface area (Å²) in [5.74, 6) is 1.68. The number of rotatable bonds is 7. The van der Waals surface area contributed by atoms with Crippen LogP contribution in [0.5, 0.6) is 0 Å². The number of benzene rings is 1. The first-order valence-corrected chi connectivity index (χ1v) is 10.6. The second kappa shape index (κ2) is 8.27. The Kier molecular flexibility index (Phi) is 5.60. The molecule has 4 rings (SSSR count). The number of carbonyl (C=O) groups is 1. The molecule has 2 aliphatic rings. The highest BCUT2D eigenvalue weighted by Gasteiger charge is 2.33. The Morgan fingerprint density at radius 1 is 1.12 bits per heavy atom. The molecule has 138 valence electrons. The van der Waals surface area contributed by atoms with Gasteiger partial charge in [0, 0.05) is 12.1 Å². The van der Waals surface area contributed by atoms with E-state index < -0.39 is 0 Å². The lowest BCUT2D eigenvalue weighted by atomic mass is 10.2. The SMILES string of the molecule is O=C1CSC(c2cnc(-c3ccccc3)[nH]2)N1CCCCN1CCCC1. The van der Waals surface area contributed by atoms with Crippen molar-refractivity contribution in [2.75, 3.05) is 31.9 Å². The van der Waals surface area contributed by atoms with Crippen LogP contribution in [0, 0.1) is 0 Å². The zero-order valence-electron chi connectivity index (χ0n) is 15.1. The maximum Gasteiger partial charge on any atom is 0.233 e. The number of nitrogens with one attached hydrogen (secondary N) is 1. The number of carbonyl (C=O) groups excluding carboxylic acids is 1. The lowest BCUT2D eigenvalue weighted by Gasteiger charge is -2.23. The van der Waals surface area contributed by atoms with E-state index >= 15 is 0 Å². The van der Waals surface area contributed by atoms with E-state index in [1.165, 1.54) is 38.9 Å². The quantitative estimate of drug-likeness (QED) is 0.758. The Balaban J connectivity index is 1.36. The minimum atomic E-state index is 0.0687. The molecule has 2 aliphatic heterocycles. The van der Waals surface area contributed by atoms with Crippen LogP contribution < -0.4 is 0 Å². The molecule has 5 nitrogen and oxygen atoms in total. The Bertz CT molecular complexity index is 726. The van der Waals surface area contributed by atoms with Gasteiger partial charge in [0.2, 0.25) is 5.91 Å². The molecule has 1 unspecified atom stereocenters. The Hall–Kier alpha value is -1.79. The van der Waals surface area contributed by atoms with E-state index in [1.54, 1.807) is 11.8 Å². The number of likely N-dealkylation sites (tertiary alicyclic amines) is 1. The number of unbranched alkanes of at least 4 members (excludes halogenated alkanes) is 1. The van der Waals surface area contributed by atoms with Crippen molar-refractivity contribution in [3.05, 3.63) is 42.2 Å². The molecule has 0 aliphatic carbocycles. The van der Waals surface area contributed by atoms with E-state index in [1.807, 2.05) is 41.4 Å². The van der Waals surface area contributed by atoms with Gasteiger partial charge in [0.1, 0.15) is 11.2 Å². The van der Waals surface area contributed by atoms with E-state index in [2.05, 4.69) is 14.9 Å². The van der Waals surface area contributed by atoms with E-state index in [0.717, 1.165) is 30.0 Å². The van der Waals surface area contributed by atoms with Crippen molar-refractivity contribution in [3.63, 3.8) is 0 Å². The fourth-order valence-electron chi connectivity index (χ4n) is 3.78. The van der Waals surface area contributed by atoms with E-state index in [4.69, 9.17) is 0 Å². The second-order valence-corrected chi connectivity index (χ2v) is 8.13. The standard InChI is InChI=1S/C20H26N4OS/c25-18-15-26-20(24(18)13-7-6-12-23-10-4-5-11-23)17-14-21-19(22-17)16-8-2-1-3-9-16/h1-3,8-9,14,20H,4-7,10-13,15H2,(H,21,22). The van der Waals surface area contributed by atoms with Gasteiger partial charge >= 0.3 is 0 Å². The first-order valence-electron chi connectivity index (χ1n) is 9.55. The van der Waals surface area contributed by atoms with Gasteiger partial charge in [-0.25, -0.2) is 4.98 Å². The van der Waals surface area contributed by atoms with Crippen molar-refractivity contribution in [2.45, 2.75) is 31.1 Å². The fraction of sp³-hybridized carbons (Fsp3) is 0.500. The summed E-state index contributed by atoms with van der Waals surface area (Å²) in [5, 5.41) is 0.0687. The number of aromatic nitrogens is 2. The zero-order chi connectivity index (χ0) is 17.8. The smallest absolute Gasteiger partial charge is 0.233 e. The number of nitrogens with zero attached hydrogens (tertiary/aromatic N) is 3. The lowest BCUT2D eigenvalue weighted by Crippen LogP contribution is -2.30. The molecule has 0 radical (unpaired) electrons. The number of hydrogen-bond acceptors (Lipinski definition) is 4. The summed E-state index contributed by atoms with van der Waals surface area (Å²) >= 11 is 1.70. The number of hydrogen-bond donors (Lipinski definition) is 1. The Labute approximate surface area is 159 Å². The minimum Gasteiger partial charge on any atom is -0.339 e. The topological polar surface area (TPSA) is 52.2 Å². The highest BCUT2D eigenvalue weighted by Crippen LogP contribution is 2.38. The molecule has 0 spiro atoms. The van der Waals surface area contributed by atoms with Crippen molar-refractivity contribution in [1.82, 2.24) is 19.8 Å². The third kappa shape index (κ3) is 3.96. The molecule has 6 heteroatoms. The van der Waals surface area contributed by atoms with Crippen LogP contribution in [0.2, 0.25) is 0 Å². The molecule has 1 atom stereocenters. The summed E-state index contributed by atoms with van der Waals surface area (Å²) in [7, 11) is 0. The van der Waals surface area contributed by atoms with Gasteiger partial charge in [0.15, 0.2) is 0 Å². The van der Waals surface area contributed by atoms with E-state index in [-0.39, 0.29) is 11.3 Å². The molecule has 0 bridgehead atoms. The summed E-state index contributed by atoms with van der Waals surface area (Å²) in [5.41, 5.74) is 2.10. The number of thioether (sulfide) groups is 1. The highest BCUT2D eigenvalue weighted by molar-refractivity contribution is 8.00. The number of aromatic amines is 1. The van der Waals surface area contributed by atoms with Gasteiger partial charge in [-0.1, -0.05) is 30.3 Å². The summed E-state index contributed by atoms with van der Waals surface area (Å²) in [6.45, 7) is 4.50. The molecule has 1 aromatic heterocycles. The molecule has 2 aromatic rings. The molecule has 1 amide bonds. The summed E-state index contributed by atoms with van der Waals surface area (Å²) in [6.07, 6.45) is 6.80. The normalized spacial score (nSPS) is 21.0. The van der Waals surface area contributed by atoms with Crippen molar-refractivity contribution in [1.29, 1.82) is 0 Å². The zero-order valence-corrected chi connectivity index (χ0v) is 15.9. The van der Waals surface area contributed by atoms with Gasteiger partial charge in [0.25, 0.3) is 0 Å². The fourth-order valence-corrected chi connectivity index (χ4v) is 4.95. The average Bonchev–Trinajstić information content (AvgIpc) is 3.41. The van der Waals surface area contributed by atoms with Crippen LogP contribution in [-0.2, 0) is 4.79 Å². The molecule has 1 N–H and O–H groups in total. The van der Waals surface area contributed by atoms with Crippen molar-refractivity contribution >= 4 is 17.7 Å². The van der Waals surface area contributed by atoms with Crippen LogP contribution in [0.25, 0.3) is 11.4 Å². The van der Waals surface area contributed by atoms with Crippen molar-refractivity contribution in [2.24, 2.45) is 0 Å². The largest absolute Gasteiger partial charge is 0.339 e. The van der Waals surface area contributed by atoms with Gasteiger partial charge in [0.05, 0.1) is 17.6 Å². The van der Waals surface area contributed by atoms with Gasteiger partial charge in [-0.3, -0.25) is 4.79 Å². The first-order chi connectivity index (χ1) is 12.8. The number of imidazole rings is 1. The van der Waals surface area contributed by atoms with Gasteiger partial charge in [-0.2, -0.15) is 0 Å². The number of amides is 1. The molecule has 26 heavy (non-hydrogen) atoms. The molecule has 2 fully saturated rings. The van der Waals surface area contributed by atoms with Crippen molar-refractivity contribution in [3.8, 4) is 11.4 Å². The van der Waals surface area contributed by atoms with Crippen LogP contribution in [-0.4, -0.2) is 57.6 Å². The molecule has 2 saturated heterocycles. The Morgan fingerprint density at radius 2 is 1.88 bits per heavy atom. The van der Waals surface area contributed by atoms with Gasteiger partial charge in [-0.15, -0.1) is 11.8 Å². The maximum atomic E-state index is 12.3. The van der Waals surface area contributed by atoms with Crippen LogP contribution in [0.1, 0.15) is 36.8 Å².